The van der Waals surface area contributed by atoms with Crippen molar-refractivity contribution in [3.8, 4) is 11.5 Å². The zero-order valence-electron chi connectivity index (χ0n) is 11.1. The summed E-state index contributed by atoms with van der Waals surface area (Å²) >= 11 is 3.46. The monoisotopic (exact) mass is 320 g/mol. The summed E-state index contributed by atoms with van der Waals surface area (Å²) in [6, 6.07) is 13.4. The zero-order chi connectivity index (χ0) is 13.8. The van der Waals surface area contributed by atoms with Gasteiger partial charge in [0, 0.05) is 4.47 Å². The molecule has 0 saturated heterocycles. The minimum absolute atomic E-state index is 0.399. The highest BCUT2D eigenvalue weighted by Gasteiger charge is 2.05. The molecule has 2 rings (SSSR count). The van der Waals surface area contributed by atoms with Crippen LogP contribution in [0.25, 0.3) is 0 Å². The van der Waals surface area contributed by atoms with Crippen LogP contribution >= 0.6 is 15.9 Å². The molecule has 0 aliphatic carbocycles. The molecule has 0 saturated carbocycles. The quantitative estimate of drug-likeness (QED) is 0.859. The summed E-state index contributed by atoms with van der Waals surface area (Å²) in [5.41, 5.74) is 2.05. The van der Waals surface area contributed by atoms with Crippen molar-refractivity contribution in [2.24, 2.45) is 0 Å². The summed E-state index contributed by atoms with van der Waals surface area (Å²) in [6.45, 7) is 3.98. The molecule has 0 aliphatic rings. The van der Waals surface area contributed by atoms with Crippen LogP contribution in [0.4, 0.5) is 0 Å². The van der Waals surface area contributed by atoms with Crippen molar-refractivity contribution in [3.63, 3.8) is 0 Å². The van der Waals surface area contributed by atoms with Crippen LogP contribution in [0.3, 0.4) is 0 Å². The number of hydrogen-bond donors (Lipinski definition) is 1. The number of halogens is 1. The molecule has 0 fully saturated rings. The molecule has 0 amide bonds. The van der Waals surface area contributed by atoms with Crippen molar-refractivity contribution in [2.75, 3.05) is 0 Å². The van der Waals surface area contributed by atoms with Crippen LogP contribution in [0.15, 0.2) is 46.9 Å². The molecule has 19 heavy (non-hydrogen) atoms. The highest BCUT2D eigenvalue weighted by atomic mass is 79.9. The summed E-state index contributed by atoms with van der Waals surface area (Å²) in [5, 5.41) is 9.73. The van der Waals surface area contributed by atoms with Gasteiger partial charge in [-0.25, -0.2) is 0 Å². The van der Waals surface area contributed by atoms with E-state index in [1.807, 2.05) is 56.3 Å². The van der Waals surface area contributed by atoms with Crippen molar-refractivity contribution < 1.29 is 9.84 Å². The molecule has 0 heterocycles. The summed E-state index contributed by atoms with van der Waals surface area (Å²) in [6.07, 6.45) is 0.315. The Kier molecular flexibility index (Phi) is 4.61. The fourth-order valence-electron chi connectivity index (χ4n) is 1.81. The number of benzene rings is 2. The Morgan fingerprint density at radius 2 is 1.74 bits per heavy atom. The first kappa shape index (κ1) is 14.1. The van der Waals surface area contributed by atoms with Gasteiger partial charge in [0.25, 0.3) is 0 Å². The molecule has 0 spiro atoms. The fraction of sp³-hybridized carbons (Fsp3) is 0.250. The molecule has 0 aromatic heterocycles. The first-order chi connectivity index (χ1) is 9.10. The van der Waals surface area contributed by atoms with Crippen LogP contribution in [0.1, 0.15) is 30.6 Å². The minimum Gasteiger partial charge on any atom is -0.457 e. The Hall–Kier alpha value is -1.32. The molecule has 1 N–H and O–H groups in total. The zero-order valence-corrected chi connectivity index (χ0v) is 12.6. The third kappa shape index (κ3) is 3.58. The van der Waals surface area contributed by atoms with Gasteiger partial charge in [0.1, 0.15) is 11.5 Å². The van der Waals surface area contributed by atoms with E-state index in [1.54, 1.807) is 0 Å². The SMILES string of the molecule is CC[C@H](O)c1ccc(Oc2ccc(Br)c(C)c2)cc1. The van der Waals surface area contributed by atoms with E-state index in [2.05, 4.69) is 15.9 Å². The van der Waals surface area contributed by atoms with Crippen LogP contribution in [0.2, 0.25) is 0 Å². The Bertz CT molecular complexity index is 549. The van der Waals surface area contributed by atoms with Gasteiger partial charge in [-0.05, 0) is 54.8 Å². The van der Waals surface area contributed by atoms with E-state index in [0.717, 1.165) is 27.1 Å². The van der Waals surface area contributed by atoms with Crippen LogP contribution in [0, 0.1) is 6.92 Å². The second-order valence-electron chi connectivity index (χ2n) is 4.51. The lowest BCUT2D eigenvalue weighted by atomic mass is 10.1. The van der Waals surface area contributed by atoms with E-state index in [9.17, 15) is 5.11 Å². The third-order valence-corrected chi connectivity index (χ3v) is 3.91. The molecular weight excluding hydrogens is 304 g/mol. The van der Waals surface area contributed by atoms with E-state index in [4.69, 9.17) is 4.74 Å². The number of rotatable bonds is 4. The maximum absolute atomic E-state index is 9.73. The second kappa shape index (κ2) is 6.22. The van der Waals surface area contributed by atoms with Crippen molar-refractivity contribution in [1.29, 1.82) is 0 Å². The van der Waals surface area contributed by atoms with Gasteiger partial charge >= 0.3 is 0 Å². The first-order valence-electron chi connectivity index (χ1n) is 6.32. The average molecular weight is 321 g/mol. The topological polar surface area (TPSA) is 29.5 Å². The predicted octanol–water partition coefficient (Wildman–Crippen LogP) is 4.99. The molecule has 2 aromatic rings. The molecule has 3 heteroatoms. The molecule has 0 unspecified atom stereocenters. The number of aryl methyl sites for hydroxylation is 1. The van der Waals surface area contributed by atoms with Crippen LogP contribution < -0.4 is 4.74 Å². The van der Waals surface area contributed by atoms with E-state index in [0.29, 0.717) is 6.42 Å². The van der Waals surface area contributed by atoms with E-state index in [-0.39, 0.29) is 0 Å². The van der Waals surface area contributed by atoms with Crippen molar-refractivity contribution in [3.05, 3.63) is 58.1 Å². The Balaban J connectivity index is 2.12. The average Bonchev–Trinajstić information content (AvgIpc) is 2.43. The van der Waals surface area contributed by atoms with E-state index >= 15 is 0 Å². The Morgan fingerprint density at radius 3 is 2.32 bits per heavy atom. The van der Waals surface area contributed by atoms with Crippen molar-refractivity contribution >= 4 is 15.9 Å². The van der Waals surface area contributed by atoms with Crippen molar-refractivity contribution in [2.45, 2.75) is 26.4 Å². The van der Waals surface area contributed by atoms with Crippen LogP contribution in [-0.2, 0) is 0 Å². The molecule has 2 aromatic carbocycles. The molecule has 0 radical (unpaired) electrons. The lowest BCUT2D eigenvalue weighted by Crippen LogP contribution is -1.94. The molecule has 2 nitrogen and oxygen atoms in total. The maximum atomic E-state index is 9.73. The fourth-order valence-corrected chi connectivity index (χ4v) is 2.06. The molecule has 1 atom stereocenters. The van der Waals surface area contributed by atoms with Crippen LogP contribution in [0.5, 0.6) is 11.5 Å². The van der Waals surface area contributed by atoms with Gasteiger partial charge < -0.3 is 9.84 Å². The molecular formula is C16H17BrO2. The normalized spacial score (nSPS) is 12.2. The lowest BCUT2D eigenvalue weighted by Gasteiger charge is -2.10. The van der Waals surface area contributed by atoms with Gasteiger partial charge in [-0.1, -0.05) is 35.0 Å². The Morgan fingerprint density at radius 1 is 1.11 bits per heavy atom. The largest absolute Gasteiger partial charge is 0.457 e. The van der Waals surface area contributed by atoms with Gasteiger partial charge in [0.2, 0.25) is 0 Å². The predicted molar refractivity (Wildman–Crippen MR) is 80.6 cm³/mol. The molecule has 0 bridgehead atoms. The lowest BCUT2D eigenvalue weighted by molar-refractivity contribution is 0.173. The van der Waals surface area contributed by atoms with Crippen molar-refractivity contribution in [1.82, 2.24) is 0 Å². The second-order valence-corrected chi connectivity index (χ2v) is 5.36. The standard InChI is InChI=1S/C16H17BrO2/c1-3-16(18)12-4-6-13(7-5-12)19-14-8-9-15(17)11(2)10-14/h4-10,16,18H,3H2,1-2H3/t16-/m0/s1. The first-order valence-corrected chi connectivity index (χ1v) is 7.11. The number of aliphatic hydroxyl groups excluding tert-OH is 1. The van der Waals surface area contributed by atoms with Gasteiger partial charge in [-0.2, -0.15) is 0 Å². The smallest absolute Gasteiger partial charge is 0.127 e. The van der Waals surface area contributed by atoms with Gasteiger partial charge in [0.05, 0.1) is 6.10 Å². The third-order valence-electron chi connectivity index (χ3n) is 3.02. The van der Waals surface area contributed by atoms with Gasteiger partial charge in [0.15, 0.2) is 0 Å². The summed E-state index contributed by atoms with van der Waals surface area (Å²) in [7, 11) is 0. The van der Waals surface area contributed by atoms with E-state index < -0.39 is 6.10 Å². The summed E-state index contributed by atoms with van der Waals surface area (Å²) in [5.74, 6) is 1.58. The van der Waals surface area contributed by atoms with Gasteiger partial charge in [-0.3, -0.25) is 0 Å². The van der Waals surface area contributed by atoms with Crippen LogP contribution in [-0.4, -0.2) is 5.11 Å². The highest BCUT2D eigenvalue weighted by molar-refractivity contribution is 9.10. The molecule has 0 aliphatic heterocycles. The summed E-state index contributed by atoms with van der Waals surface area (Å²) in [4.78, 5) is 0. The minimum atomic E-state index is -0.399. The maximum Gasteiger partial charge on any atom is 0.127 e. The van der Waals surface area contributed by atoms with E-state index in [1.165, 1.54) is 0 Å². The number of ether oxygens (including phenoxy) is 1. The molecule has 100 valence electrons. The van der Waals surface area contributed by atoms with Gasteiger partial charge in [-0.15, -0.1) is 0 Å². The summed E-state index contributed by atoms with van der Waals surface area (Å²) < 4.78 is 6.85. The number of hydrogen-bond acceptors (Lipinski definition) is 2. The highest BCUT2D eigenvalue weighted by Crippen LogP contribution is 2.27. The number of aliphatic hydroxyl groups is 1. The Labute approximate surface area is 122 Å².